The van der Waals surface area contributed by atoms with Crippen LogP contribution in [0.2, 0.25) is 0 Å². The van der Waals surface area contributed by atoms with E-state index in [2.05, 4.69) is 28.4 Å². The lowest BCUT2D eigenvalue weighted by atomic mass is 9.97. The van der Waals surface area contributed by atoms with Gasteiger partial charge in [0.25, 0.3) is 0 Å². The predicted octanol–water partition coefficient (Wildman–Crippen LogP) is 3.26. The summed E-state index contributed by atoms with van der Waals surface area (Å²) in [6, 6.07) is 7.19. The van der Waals surface area contributed by atoms with Crippen molar-refractivity contribution < 1.29 is 9.47 Å². The molecule has 3 saturated heterocycles. The topological polar surface area (TPSA) is 33.7 Å². The van der Waals surface area contributed by atoms with Crippen molar-refractivity contribution in [2.24, 2.45) is 5.92 Å². The third kappa shape index (κ3) is 5.50. The Balaban J connectivity index is 0.00000144. The molecule has 0 spiro atoms. The van der Waals surface area contributed by atoms with E-state index in [9.17, 15) is 0 Å². The average Bonchev–Trinajstić information content (AvgIpc) is 2.85. The maximum absolute atomic E-state index is 5.57. The molecule has 2 bridgehead atoms. The van der Waals surface area contributed by atoms with Crippen LogP contribution in [0.3, 0.4) is 0 Å². The van der Waals surface area contributed by atoms with Gasteiger partial charge in [-0.05, 0) is 49.9 Å². The van der Waals surface area contributed by atoms with E-state index < -0.39 is 0 Å². The number of nitrogens with one attached hydrogen (secondary N) is 1. The number of halogens is 2. The molecule has 1 N–H and O–H groups in total. The highest BCUT2D eigenvalue weighted by Crippen LogP contribution is 2.25. The Labute approximate surface area is 158 Å². The molecule has 0 aromatic heterocycles. The van der Waals surface area contributed by atoms with E-state index >= 15 is 0 Å². The summed E-state index contributed by atoms with van der Waals surface area (Å²) >= 11 is 0. The molecule has 3 aliphatic heterocycles. The van der Waals surface area contributed by atoms with Crippen molar-refractivity contribution in [1.29, 1.82) is 0 Å². The van der Waals surface area contributed by atoms with E-state index in [1.807, 2.05) is 6.92 Å². The molecule has 2 atom stereocenters. The summed E-state index contributed by atoms with van der Waals surface area (Å²) in [5, 5.41) is 3.67. The third-order valence-corrected chi connectivity index (χ3v) is 4.83. The number of hydrogen-bond acceptors (Lipinski definition) is 4. The number of hydrogen-bond donors (Lipinski definition) is 1. The van der Waals surface area contributed by atoms with Crippen molar-refractivity contribution in [2.75, 3.05) is 33.4 Å². The Bertz CT molecular complexity index is 480. The van der Waals surface area contributed by atoms with Crippen LogP contribution in [0.5, 0.6) is 5.75 Å². The minimum atomic E-state index is 0. The quantitative estimate of drug-likeness (QED) is 0.825. The summed E-state index contributed by atoms with van der Waals surface area (Å²) in [6.45, 7) is 7.99. The Kier molecular flexibility index (Phi) is 9.39. The van der Waals surface area contributed by atoms with Crippen LogP contribution < -0.4 is 10.1 Å². The van der Waals surface area contributed by atoms with Crippen LogP contribution in [0.1, 0.15) is 30.9 Å². The molecule has 0 unspecified atom stereocenters. The molecule has 0 aliphatic carbocycles. The van der Waals surface area contributed by atoms with E-state index in [4.69, 9.17) is 9.47 Å². The maximum atomic E-state index is 5.57. The maximum Gasteiger partial charge on any atom is 0.124 e. The number of ether oxygens (including phenoxy) is 2. The normalized spacial score (nSPS) is 23.1. The molecule has 4 nitrogen and oxygen atoms in total. The third-order valence-electron chi connectivity index (χ3n) is 4.83. The molecule has 3 heterocycles. The van der Waals surface area contributed by atoms with Gasteiger partial charge in [-0.15, -0.1) is 24.8 Å². The predicted molar refractivity (Wildman–Crippen MR) is 103 cm³/mol. The van der Waals surface area contributed by atoms with Crippen LogP contribution in [0, 0.1) is 5.92 Å². The summed E-state index contributed by atoms with van der Waals surface area (Å²) in [6.07, 6.45) is 2.71. The number of methoxy groups -OCH3 is 1. The van der Waals surface area contributed by atoms with Gasteiger partial charge in [-0.1, -0.05) is 6.07 Å². The van der Waals surface area contributed by atoms with Crippen molar-refractivity contribution in [3.8, 4) is 5.75 Å². The number of fused-ring (bicyclic) bond motifs is 4. The fraction of sp³-hybridized carbons (Fsp3) is 0.667. The van der Waals surface area contributed by atoms with Crippen molar-refractivity contribution in [3.63, 3.8) is 0 Å². The summed E-state index contributed by atoms with van der Waals surface area (Å²) in [4.78, 5) is 2.61. The fourth-order valence-electron chi connectivity index (χ4n) is 3.68. The Morgan fingerprint density at radius 1 is 1.21 bits per heavy atom. The molecule has 0 amide bonds. The first kappa shape index (κ1) is 21.5. The van der Waals surface area contributed by atoms with Crippen LogP contribution in [0.25, 0.3) is 0 Å². The van der Waals surface area contributed by atoms with Crippen LogP contribution in [0.4, 0.5) is 0 Å². The second-order valence-electron chi connectivity index (χ2n) is 6.53. The molecule has 0 saturated carbocycles. The van der Waals surface area contributed by atoms with Crippen LogP contribution in [-0.2, 0) is 17.9 Å². The zero-order valence-corrected chi connectivity index (χ0v) is 16.3. The first-order valence-corrected chi connectivity index (χ1v) is 8.47. The zero-order valence-electron chi connectivity index (χ0n) is 14.6. The first-order valence-electron chi connectivity index (χ1n) is 8.47. The van der Waals surface area contributed by atoms with Crippen molar-refractivity contribution in [1.82, 2.24) is 10.2 Å². The second kappa shape index (κ2) is 10.5. The average molecular weight is 377 g/mol. The number of rotatable bonds is 6. The van der Waals surface area contributed by atoms with Gasteiger partial charge < -0.3 is 14.8 Å². The lowest BCUT2D eigenvalue weighted by molar-refractivity contribution is 0.132. The molecule has 138 valence electrons. The van der Waals surface area contributed by atoms with Gasteiger partial charge in [0.1, 0.15) is 5.75 Å². The molecule has 1 aromatic rings. The van der Waals surface area contributed by atoms with Gasteiger partial charge in [0.15, 0.2) is 0 Å². The molecule has 0 radical (unpaired) electrons. The molecule has 3 aliphatic rings. The zero-order chi connectivity index (χ0) is 15.4. The van der Waals surface area contributed by atoms with Crippen LogP contribution >= 0.6 is 24.8 Å². The fourth-order valence-corrected chi connectivity index (χ4v) is 3.68. The molecular formula is C18H30Cl2N2O2. The molecular weight excluding hydrogens is 347 g/mol. The van der Waals surface area contributed by atoms with Gasteiger partial charge in [-0.25, -0.2) is 0 Å². The summed E-state index contributed by atoms with van der Waals surface area (Å²) in [5.41, 5.74) is 2.51. The van der Waals surface area contributed by atoms with E-state index in [0.29, 0.717) is 12.6 Å². The Morgan fingerprint density at radius 3 is 2.71 bits per heavy atom. The Hall–Kier alpha value is -0.520. The van der Waals surface area contributed by atoms with Crippen LogP contribution in [-0.4, -0.2) is 44.3 Å². The second-order valence-corrected chi connectivity index (χ2v) is 6.53. The molecule has 24 heavy (non-hydrogen) atoms. The van der Waals surface area contributed by atoms with Gasteiger partial charge in [-0.2, -0.15) is 0 Å². The summed E-state index contributed by atoms with van der Waals surface area (Å²) < 4.78 is 11.0. The largest absolute Gasteiger partial charge is 0.496 e. The SMILES string of the molecule is CCOCc1cc(CN2C[C@H]3CC[C@@H](C2)NC3)ccc1OC.Cl.Cl. The number of nitrogens with zero attached hydrogens (tertiary/aromatic N) is 1. The van der Waals surface area contributed by atoms with E-state index in [0.717, 1.165) is 30.4 Å². The van der Waals surface area contributed by atoms with Gasteiger partial charge in [0.05, 0.1) is 13.7 Å². The highest BCUT2D eigenvalue weighted by atomic mass is 35.5. The van der Waals surface area contributed by atoms with Gasteiger partial charge in [0.2, 0.25) is 0 Å². The molecule has 1 aromatic carbocycles. The minimum absolute atomic E-state index is 0. The first-order chi connectivity index (χ1) is 10.8. The highest BCUT2D eigenvalue weighted by molar-refractivity contribution is 5.85. The smallest absolute Gasteiger partial charge is 0.124 e. The molecule has 6 heteroatoms. The lowest BCUT2D eigenvalue weighted by Gasteiger charge is -2.23. The standard InChI is InChI=1S/C18H28N2O2.2ClH/c1-3-22-13-16-8-14(5-7-18(16)21-2)10-20-11-15-4-6-17(12-20)19-9-15;;/h5,7-8,15,17,19H,3-4,6,9-13H2,1-2H3;2*1H/t15-,17-;;/m0../s1. The lowest BCUT2D eigenvalue weighted by Crippen LogP contribution is -2.39. The molecule has 4 rings (SSSR count). The summed E-state index contributed by atoms with van der Waals surface area (Å²) in [5.74, 6) is 1.75. The van der Waals surface area contributed by atoms with Crippen molar-refractivity contribution in [3.05, 3.63) is 29.3 Å². The number of piperidine rings is 1. The van der Waals surface area contributed by atoms with Gasteiger partial charge in [0, 0.05) is 37.8 Å². The van der Waals surface area contributed by atoms with Gasteiger partial charge in [-0.3, -0.25) is 4.90 Å². The minimum Gasteiger partial charge on any atom is -0.496 e. The van der Waals surface area contributed by atoms with Crippen molar-refractivity contribution in [2.45, 2.75) is 39.0 Å². The van der Waals surface area contributed by atoms with Gasteiger partial charge >= 0.3 is 0 Å². The van der Waals surface area contributed by atoms with E-state index in [1.165, 1.54) is 38.0 Å². The van der Waals surface area contributed by atoms with Crippen LogP contribution in [0.15, 0.2) is 18.2 Å². The summed E-state index contributed by atoms with van der Waals surface area (Å²) in [7, 11) is 1.72. The highest BCUT2D eigenvalue weighted by Gasteiger charge is 2.28. The van der Waals surface area contributed by atoms with E-state index in [-0.39, 0.29) is 24.8 Å². The molecule has 3 fully saturated rings. The number of benzene rings is 1. The van der Waals surface area contributed by atoms with E-state index in [1.54, 1.807) is 7.11 Å². The van der Waals surface area contributed by atoms with Crippen molar-refractivity contribution >= 4 is 24.8 Å². The Morgan fingerprint density at radius 2 is 2.04 bits per heavy atom. The monoisotopic (exact) mass is 376 g/mol.